The van der Waals surface area contributed by atoms with Crippen LogP contribution in [0.3, 0.4) is 0 Å². The number of amides is 1. The molecule has 0 spiro atoms. The molecule has 0 bridgehead atoms. The molecule has 1 aromatic heterocycles. The van der Waals surface area contributed by atoms with E-state index in [4.69, 9.17) is 0 Å². The van der Waals surface area contributed by atoms with Crippen molar-refractivity contribution in [2.24, 2.45) is 0 Å². The third-order valence-electron chi connectivity index (χ3n) is 1.38. The molecular weight excluding hydrogens is 218 g/mol. The van der Waals surface area contributed by atoms with E-state index < -0.39 is 11.9 Å². The van der Waals surface area contributed by atoms with Gasteiger partial charge in [0.15, 0.2) is 0 Å². The average molecular weight is 229 g/mol. The highest BCUT2D eigenvalue weighted by Gasteiger charge is 2.11. The number of carbonyl (C=O) groups excluding carboxylic acids is 2. The smallest absolute Gasteiger partial charge is 0.315 e. The van der Waals surface area contributed by atoms with Gasteiger partial charge in [-0.2, -0.15) is 0 Å². The standard InChI is InChI=1S/C8H11N3O3S/c1-3-14-7(13)4-6(12)9-8-11-10-5(2)15-8/h3-4H2,1-2H3,(H,9,11,12). The number of carbonyl (C=O) groups is 2. The molecule has 0 saturated heterocycles. The van der Waals surface area contributed by atoms with Crippen LogP contribution in [0.4, 0.5) is 5.13 Å². The fraction of sp³-hybridized carbons (Fsp3) is 0.500. The number of nitrogens with one attached hydrogen (secondary N) is 1. The minimum Gasteiger partial charge on any atom is -0.466 e. The number of rotatable bonds is 4. The molecule has 0 unspecified atom stereocenters. The molecule has 1 heterocycles. The van der Waals surface area contributed by atoms with Gasteiger partial charge in [0.05, 0.1) is 6.61 Å². The summed E-state index contributed by atoms with van der Waals surface area (Å²) in [6.07, 6.45) is -0.299. The van der Waals surface area contributed by atoms with Crippen molar-refractivity contribution in [2.45, 2.75) is 20.3 Å². The van der Waals surface area contributed by atoms with E-state index in [0.29, 0.717) is 5.13 Å². The Labute approximate surface area is 90.7 Å². The molecule has 0 radical (unpaired) electrons. The lowest BCUT2D eigenvalue weighted by Crippen LogP contribution is -2.18. The zero-order chi connectivity index (χ0) is 11.3. The predicted octanol–water partition coefficient (Wildman–Crippen LogP) is 0.738. The molecule has 82 valence electrons. The van der Waals surface area contributed by atoms with Crippen molar-refractivity contribution in [3.8, 4) is 0 Å². The fourth-order valence-electron chi connectivity index (χ4n) is 0.854. The Morgan fingerprint density at radius 2 is 2.20 bits per heavy atom. The van der Waals surface area contributed by atoms with Crippen LogP contribution in [0, 0.1) is 6.92 Å². The topological polar surface area (TPSA) is 81.2 Å². The van der Waals surface area contributed by atoms with Gasteiger partial charge in [0.25, 0.3) is 0 Å². The van der Waals surface area contributed by atoms with Crippen LogP contribution in [0.15, 0.2) is 0 Å². The van der Waals surface area contributed by atoms with Crippen molar-refractivity contribution in [1.29, 1.82) is 0 Å². The van der Waals surface area contributed by atoms with Crippen LogP contribution in [-0.2, 0) is 14.3 Å². The first kappa shape index (κ1) is 11.6. The Morgan fingerprint density at radius 3 is 2.73 bits per heavy atom. The van der Waals surface area contributed by atoms with Gasteiger partial charge in [-0.25, -0.2) is 0 Å². The fourth-order valence-corrected chi connectivity index (χ4v) is 1.46. The van der Waals surface area contributed by atoms with Gasteiger partial charge < -0.3 is 10.1 Å². The highest BCUT2D eigenvalue weighted by atomic mass is 32.1. The highest BCUT2D eigenvalue weighted by molar-refractivity contribution is 7.15. The molecule has 0 saturated carbocycles. The molecule has 1 aromatic rings. The molecule has 1 N–H and O–H groups in total. The maximum absolute atomic E-state index is 11.2. The van der Waals surface area contributed by atoms with Crippen LogP contribution < -0.4 is 5.32 Å². The number of ether oxygens (including phenoxy) is 1. The summed E-state index contributed by atoms with van der Waals surface area (Å²) in [7, 11) is 0. The maximum Gasteiger partial charge on any atom is 0.315 e. The third-order valence-corrected chi connectivity index (χ3v) is 2.14. The lowest BCUT2D eigenvalue weighted by atomic mass is 10.4. The number of hydrogen-bond donors (Lipinski definition) is 1. The van der Waals surface area contributed by atoms with Gasteiger partial charge in [0, 0.05) is 0 Å². The van der Waals surface area contributed by atoms with Crippen LogP contribution >= 0.6 is 11.3 Å². The second-order valence-corrected chi connectivity index (χ2v) is 3.84. The van der Waals surface area contributed by atoms with Crippen LogP contribution in [0.2, 0.25) is 0 Å². The van der Waals surface area contributed by atoms with Crippen molar-refractivity contribution < 1.29 is 14.3 Å². The van der Waals surface area contributed by atoms with Crippen molar-refractivity contribution in [2.75, 3.05) is 11.9 Å². The molecule has 1 rings (SSSR count). The molecule has 6 nitrogen and oxygen atoms in total. The van der Waals surface area contributed by atoms with E-state index in [9.17, 15) is 9.59 Å². The maximum atomic E-state index is 11.2. The number of aromatic nitrogens is 2. The van der Waals surface area contributed by atoms with Gasteiger partial charge in [-0.15, -0.1) is 10.2 Å². The van der Waals surface area contributed by atoms with Crippen LogP contribution in [0.5, 0.6) is 0 Å². The normalized spacial score (nSPS) is 9.73. The molecule has 0 aliphatic rings. The number of nitrogens with zero attached hydrogens (tertiary/aromatic N) is 2. The van der Waals surface area contributed by atoms with Crippen molar-refractivity contribution in [3.05, 3.63) is 5.01 Å². The van der Waals surface area contributed by atoms with Gasteiger partial charge in [-0.3, -0.25) is 9.59 Å². The summed E-state index contributed by atoms with van der Waals surface area (Å²) in [5, 5.41) is 11.0. The van der Waals surface area contributed by atoms with Crippen LogP contribution in [0.1, 0.15) is 18.4 Å². The Kier molecular flexibility index (Phi) is 4.17. The van der Waals surface area contributed by atoms with Gasteiger partial charge >= 0.3 is 5.97 Å². The number of anilines is 1. The van der Waals surface area contributed by atoms with E-state index in [1.54, 1.807) is 13.8 Å². The third kappa shape index (κ3) is 4.03. The minimum absolute atomic E-state index is 0.268. The Hall–Kier alpha value is -1.50. The average Bonchev–Trinajstić information content (AvgIpc) is 2.51. The van der Waals surface area contributed by atoms with Crippen molar-refractivity contribution >= 4 is 28.3 Å². The molecule has 0 aliphatic carbocycles. The second kappa shape index (κ2) is 5.40. The monoisotopic (exact) mass is 229 g/mol. The molecule has 0 atom stereocenters. The number of esters is 1. The summed E-state index contributed by atoms with van der Waals surface area (Å²) < 4.78 is 4.62. The molecule has 0 aromatic carbocycles. The summed E-state index contributed by atoms with van der Waals surface area (Å²) >= 11 is 1.25. The SMILES string of the molecule is CCOC(=O)CC(=O)Nc1nnc(C)s1. The molecule has 15 heavy (non-hydrogen) atoms. The van der Waals surface area contributed by atoms with Gasteiger partial charge in [-0.1, -0.05) is 11.3 Å². The predicted molar refractivity (Wildman–Crippen MR) is 54.5 cm³/mol. The van der Waals surface area contributed by atoms with Crippen molar-refractivity contribution in [1.82, 2.24) is 10.2 Å². The number of hydrogen-bond acceptors (Lipinski definition) is 6. The van der Waals surface area contributed by atoms with Gasteiger partial charge in [0.2, 0.25) is 11.0 Å². The first-order chi connectivity index (χ1) is 7.11. The van der Waals surface area contributed by atoms with E-state index in [-0.39, 0.29) is 13.0 Å². The molecule has 7 heteroatoms. The van der Waals surface area contributed by atoms with Crippen molar-refractivity contribution in [3.63, 3.8) is 0 Å². The highest BCUT2D eigenvalue weighted by Crippen LogP contribution is 2.13. The Balaban J connectivity index is 2.39. The zero-order valence-electron chi connectivity index (χ0n) is 8.44. The Morgan fingerprint density at radius 1 is 1.47 bits per heavy atom. The summed E-state index contributed by atoms with van der Waals surface area (Å²) in [4.78, 5) is 22.2. The molecule has 1 amide bonds. The van der Waals surface area contributed by atoms with Gasteiger partial charge in [0.1, 0.15) is 11.4 Å². The second-order valence-electron chi connectivity index (χ2n) is 2.66. The lowest BCUT2D eigenvalue weighted by Gasteiger charge is -2.00. The first-order valence-electron chi connectivity index (χ1n) is 4.37. The van der Waals surface area contributed by atoms with E-state index >= 15 is 0 Å². The van der Waals surface area contributed by atoms with E-state index in [1.165, 1.54) is 11.3 Å². The van der Waals surface area contributed by atoms with E-state index in [1.807, 2.05) is 0 Å². The molecule has 0 fully saturated rings. The Bertz CT molecular complexity index is 364. The number of aryl methyl sites for hydroxylation is 1. The lowest BCUT2D eigenvalue weighted by molar-refractivity contribution is -0.145. The van der Waals surface area contributed by atoms with Crippen LogP contribution in [-0.4, -0.2) is 28.7 Å². The molecule has 0 aliphatic heterocycles. The molecular formula is C8H11N3O3S. The van der Waals surface area contributed by atoms with E-state index in [0.717, 1.165) is 5.01 Å². The summed E-state index contributed by atoms with van der Waals surface area (Å²) in [6, 6.07) is 0. The quantitative estimate of drug-likeness (QED) is 0.608. The van der Waals surface area contributed by atoms with Gasteiger partial charge in [-0.05, 0) is 13.8 Å². The summed E-state index contributed by atoms with van der Waals surface area (Å²) in [5.41, 5.74) is 0. The van der Waals surface area contributed by atoms with Crippen LogP contribution in [0.25, 0.3) is 0 Å². The minimum atomic E-state index is -0.545. The summed E-state index contributed by atoms with van der Waals surface area (Å²) in [6.45, 7) is 3.73. The zero-order valence-corrected chi connectivity index (χ0v) is 9.26. The largest absolute Gasteiger partial charge is 0.466 e. The van der Waals surface area contributed by atoms with E-state index in [2.05, 4.69) is 20.3 Å². The first-order valence-corrected chi connectivity index (χ1v) is 5.19. The summed E-state index contributed by atoms with van der Waals surface area (Å²) in [5.74, 6) is -0.985.